The number of hydrogen-bond donors (Lipinski definition) is 1. The quantitative estimate of drug-likeness (QED) is 0.855. The van der Waals surface area contributed by atoms with Gasteiger partial charge in [-0.25, -0.2) is 4.39 Å². The van der Waals surface area contributed by atoms with Crippen LogP contribution >= 0.6 is 11.6 Å². The van der Waals surface area contributed by atoms with Crippen molar-refractivity contribution >= 4 is 11.6 Å². The van der Waals surface area contributed by atoms with Crippen molar-refractivity contribution in [3.8, 4) is 5.75 Å². The van der Waals surface area contributed by atoms with Crippen LogP contribution in [-0.4, -0.2) is 0 Å². The summed E-state index contributed by atoms with van der Waals surface area (Å²) in [6, 6.07) is 11.6. The van der Waals surface area contributed by atoms with Crippen LogP contribution < -0.4 is 10.5 Å². The fourth-order valence-electron chi connectivity index (χ4n) is 2.36. The molecule has 0 aliphatic carbocycles. The molecule has 0 saturated heterocycles. The van der Waals surface area contributed by atoms with E-state index in [1.165, 1.54) is 12.1 Å². The predicted molar refractivity (Wildman–Crippen MR) is 72.8 cm³/mol. The molecule has 19 heavy (non-hydrogen) atoms. The lowest BCUT2D eigenvalue weighted by Gasteiger charge is -2.30. The topological polar surface area (TPSA) is 35.2 Å². The number of halogens is 2. The third kappa shape index (κ3) is 2.44. The van der Waals surface area contributed by atoms with Gasteiger partial charge in [0.05, 0.1) is 0 Å². The molecule has 2 aromatic carbocycles. The van der Waals surface area contributed by atoms with Crippen molar-refractivity contribution in [2.75, 3.05) is 0 Å². The molecular formula is C15H13ClFNO. The minimum Gasteiger partial charge on any atom is -0.485 e. The summed E-state index contributed by atoms with van der Waals surface area (Å²) >= 11 is 5.96. The van der Waals surface area contributed by atoms with Crippen molar-refractivity contribution in [2.45, 2.75) is 18.6 Å². The van der Waals surface area contributed by atoms with Crippen LogP contribution in [0.3, 0.4) is 0 Å². The summed E-state index contributed by atoms with van der Waals surface area (Å²) in [6.07, 6.45) is 0.503. The second-order valence-electron chi connectivity index (χ2n) is 4.68. The summed E-state index contributed by atoms with van der Waals surface area (Å²) in [4.78, 5) is 0. The van der Waals surface area contributed by atoms with E-state index >= 15 is 0 Å². The number of nitrogens with two attached hydrogens (primary N) is 1. The number of ether oxygens (including phenoxy) is 1. The van der Waals surface area contributed by atoms with Crippen LogP contribution in [0.1, 0.15) is 29.7 Å². The third-order valence-corrected chi connectivity index (χ3v) is 3.59. The van der Waals surface area contributed by atoms with Crippen LogP contribution in [0.2, 0.25) is 5.02 Å². The highest BCUT2D eigenvalue weighted by Gasteiger charge is 2.27. The minimum atomic E-state index is -0.254. The number of benzene rings is 2. The molecule has 1 aliphatic heterocycles. The molecule has 2 N–H and O–H groups in total. The summed E-state index contributed by atoms with van der Waals surface area (Å²) < 4.78 is 18.9. The van der Waals surface area contributed by atoms with E-state index in [-0.39, 0.29) is 18.0 Å². The molecule has 0 aromatic heterocycles. The van der Waals surface area contributed by atoms with Gasteiger partial charge >= 0.3 is 0 Å². The predicted octanol–water partition coefficient (Wildman–Crippen LogP) is 4.00. The maximum Gasteiger partial charge on any atom is 0.126 e. The second-order valence-corrected chi connectivity index (χ2v) is 5.12. The van der Waals surface area contributed by atoms with E-state index in [2.05, 4.69) is 0 Å². The van der Waals surface area contributed by atoms with Crippen molar-refractivity contribution in [3.63, 3.8) is 0 Å². The molecule has 2 nitrogen and oxygen atoms in total. The Bertz CT molecular complexity index is 600. The van der Waals surface area contributed by atoms with Crippen LogP contribution in [0, 0.1) is 5.82 Å². The highest BCUT2D eigenvalue weighted by atomic mass is 35.5. The Hall–Kier alpha value is -1.58. The lowest BCUT2D eigenvalue weighted by atomic mass is 9.93. The van der Waals surface area contributed by atoms with Gasteiger partial charge in [0.15, 0.2) is 0 Å². The van der Waals surface area contributed by atoms with Gasteiger partial charge in [0.25, 0.3) is 0 Å². The lowest BCUT2D eigenvalue weighted by Crippen LogP contribution is -2.24. The first-order valence-electron chi connectivity index (χ1n) is 6.10. The highest BCUT2D eigenvalue weighted by Crippen LogP contribution is 2.40. The zero-order chi connectivity index (χ0) is 13.4. The van der Waals surface area contributed by atoms with Gasteiger partial charge in [-0.05, 0) is 35.9 Å². The van der Waals surface area contributed by atoms with Crippen LogP contribution in [-0.2, 0) is 0 Å². The average molecular weight is 278 g/mol. The Morgan fingerprint density at radius 1 is 1.16 bits per heavy atom. The van der Waals surface area contributed by atoms with Gasteiger partial charge in [0.2, 0.25) is 0 Å². The highest BCUT2D eigenvalue weighted by molar-refractivity contribution is 6.30. The molecule has 98 valence electrons. The molecule has 0 fully saturated rings. The normalized spacial score (nSPS) is 21.6. The van der Waals surface area contributed by atoms with E-state index in [1.54, 1.807) is 18.2 Å². The van der Waals surface area contributed by atoms with Crippen molar-refractivity contribution in [1.29, 1.82) is 0 Å². The summed E-state index contributed by atoms with van der Waals surface area (Å²) in [5, 5.41) is 0.651. The minimum absolute atomic E-state index is 0.127. The smallest absolute Gasteiger partial charge is 0.126 e. The molecule has 2 aromatic rings. The van der Waals surface area contributed by atoms with Crippen molar-refractivity contribution in [1.82, 2.24) is 0 Å². The van der Waals surface area contributed by atoms with Gasteiger partial charge in [0.1, 0.15) is 17.7 Å². The fraction of sp³-hybridized carbons (Fsp3) is 0.200. The van der Waals surface area contributed by atoms with E-state index in [0.29, 0.717) is 11.4 Å². The Balaban J connectivity index is 1.92. The first-order chi connectivity index (χ1) is 9.13. The fourth-order valence-corrected chi connectivity index (χ4v) is 2.54. The van der Waals surface area contributed by atoms with Crippen molar-refractivity contribution < 1.29 is 9.13 Å². The van der Waals surface area contributed by atoms with E-state index in [1.807, 2.05) is 12.1 Å². The van der Waals surface area contributed by atoms with Crippen LogP contribution in [0.25, 0.3) is 0 Å². The second kappa shape index (κ2) is 4.83. The SMILES string of the molecule is NC1CC(c2ccc(F)cc2)Oc2ccc(Cl)cc21. The molecule has 0 radical (unpaired) electrons. The molecule has 2 atom stereocenters. The largest absolute Gasteiger partial charge is 0.485 e. The van der Waals surface area contributed by atoms with Crippen molar-refractivity contribution in [3.05, 3.63) is 64.4 Å². The standard InChI is InChI=1S/C15H13ClFNO/c16-10-3-6-14-12(7-10)13(18)8-15(19-14)9-1-4-11(17)5-2-9/h1-7,13,15H,8,18H2. The van der Waals surface area contributed by atoms with Crippen LogP contribution in [0.5, 0.6) is 5.75 Å². The molecular weight excluding hydrogens is 265 g/mol. The first-order valence-corrected chi connectivity index (χ1v) is 6.48. The maximum absolute atomic E-state index is 12.9. The van der Waals surface area contributed by atoms with E-state index in [9.17, 15) is 4.39 Å². The zero-order valence-corrected chi connectivity index (χ0v) is 10.9. The number of hydrogen-bond acceptors (Lipinski definition) is 2. The molecule has 0 amide bonds. The third-order valence-electron chi connectivity index (χ3n) is 3.35. The van der Waals surface area contributed by atoms with Gasteiger partial charge in [-0.2, -0.15) is 0 Å². The van der Waals surface area contributed by atoms with Gasteiger partial charge < -0.3 is 10.5 Å². The van der Waals surface area contributed by atoms with Gasteiger partial charge in [0, 0.05) is 23.0 Å². The van der Waals surface area contributed by atoms with Crippen LogP contribution in [0.4, 0.5) is 4.39 Å². The Kier molecular flexibility index (Phi) is 3.17. The molecule has 3 rings (SSSR count). The Morgan fingerprint density at radius 2 is 1.89 bits per heavy atom. The maximum atomic E-state index is 12.9. The molecule has 4 heteroatoms. The molecule has 0 spiro atoms. The zero-order valence-electron chi connectivity index (χ0n) is 10.1. The molecule has 0 bridgehead atoms. The summed E-state index contributed by atoms with van der Waals surface area (Å²) in [6.45, 7) is 0. The number of rotatable bonds is 1. The van der Waals surface area contributed by atoms with E-state index in [0.717, 1.165) is 16.9 Å². The average Bonchev–Trinajstić information content (AvgIpc) is 2.40. The summed E-state index contributed by atoms with van der Waals surface area (Å²) in [7, 11) is 0. The van der Waals surface area contributed by atoms with Gasteiger partial charge in [-0.3, -0.25) is 0 Å². The Labute approximate surface area is 115 Å². The van der Waals surface area contributed by atoms with Crippen LogP contribution in [0.15, 0.2) is 42.5 Å². The van der Waals surface area contributed by atoms with Gasteiger partial charge in [-0.1, -0.05) is 23.7 Å². The lowest BCUT2D eigenvalue weighted by molar-refractivity contribution is 0.161. The van der Waals surface area contributed by atoms with E-state index in [4.69, 9.17) is 22.1 Å². The van der Waals surface area contributed by atoms with Gasteiger partial charge in [-0.15, -0.1) is 0 Å². The Morgan fingerprint density at radius 3 is 2.63 bits per heavy atom. The van der Waals surface area contributed by atoms with E-state index < -0.39 is 0 Å². The summed E-state index contributed by atoms with van der Waals surface area (Å²) in [5.41, 5.74) is 8.01. The molecule has 1 heterocycles. The monoisotopic (exact) mass is 277 g/mol. The first kappa shape index (κ1) is 12.5. The molecule has 2 unspecified atom stereocenters. The van der Waals surface area contributed by atoms with Crippen molar-refractivity contribution in [2.24, 2.45) is 5.73 Å². The summed E-state index contributed by atoms with van der Waals surface area (Å²) in [5.74, 6) is 0.494. The molecule has 1 aliphatic rings. The molecule has 0 saturated carbocycles. The number of fused-ring (bicyclic) bond motifs is 1.